The van der Waals surface area contributed by atoms with E-state index in [9.17, 15) is 40.2 Å². The summed E-state index contributed by atoms with van der Waals surface area (Å²) in [5.41, 5.74) is 0.128. The molecule has 0 radical (unpaired) electrons. The van der Waals surface area contributed by atoms with Gasteiger partial charge in [-0.25, -0.2) is 4.79 Å². The van der Waals surface area contributed by atoms with E-state index in [0.717, 1.165) is 18.2 Å². The molecule has 3 rings (SSSR count). The molecule has 0 spiro atoms. The number of carboxylic acids is 1. The second-order valence-electron chi connectivity index (χ2n) is 6.98. The fraction of sp³-hybridized carbons (Fsp3) is 0.238. The Morgan fingerprint density at radius 1 is 0.906 bits per heavy atom. The molecule has 0 aromatic heterocycles. The number of aliphatic hydroxyl groups excluding tert-OH is 3. The molecule has 0 amide bonds. The second kappa shape index (κ2) is 9.24. The largest absolute Gasteiger partial charge is 0.508 e. The summed E-state index contributed by atoms with van der Waals surface area (Å²) in [6.45, 7) is 0. The summed E-state index contributed by atoms with van der Waals surface area (Å²) in [5.74, 6) is -3.98. The molecule has 0 aliphatic carbocycles. The van der Waals surface area contributed by atoms with Crippen LogP contribution in [0.3, 0.4) is 0 Å². The van der Waals surface area contributed by atoms with Gasteiger partial charge in [-0.1, -0.05) is 18.2 Å². The smallest absolute Gasteiger partial charge is 0.335 e. The number of phenols is 3. The number of phenolic OH excluding ortho intramolecular Hbond substituents is 3. The number of aromatic hydroxyl groups is 3. The highest BCUT2D eigenvalue weighted by Gasteiger charge is 2.48. The lowest BCUT2D eigenvalue weighted by molar-refractivity contribution is -0.271. The van der Waals surface area contributed by atoms with Gasteiger partial charge in [0, 0.05) is 12.1 Å². The van der Waals surface area contributed by atoms with Crippen LogP contribution in [0.5, 0.6) is 23.0 Å². The number of aliphatic carboxylic acids is 1. The molecule has 1 heterocycles. The van der Waals surface area contributed by atoms with Gasteiger partial charge in [-0.05, 0) is 23.8 Å². The first-order chi connectivity index (χ1) is 15.1. The maximum Gasteiger partial charge on any atom is 0.335 e. The number of carbonyl (C=O) groups excluding carboxylic acids is 1. The number of rotatable bonds is 6. The van der Waals surface area contributed by atoms with Crippen LogP contribution in [0.2, 0.25) is 0 Å². The van der Waals surface area contributed by atoms with Crippen LogP contribution in [0, 0.1) is 0 Å². The lowest BCUT2D eigenvalue weighted by Crippen LogP contribution is -2.61. The van der Waals surface area contributed by atoms with Crippen molar-refractivity contribution in [2.24, 2.45) is 0 Å². The van der Waals surface area contributed by atoms with Crippen molar-refractivity contribution >= 4 is 17.8 Å². The third-order valence-corrected chi connectivity index (χ3v) is 4.70. The Morgan fingerprint density at radius 2 is 1.50 bits per heavy atom. The monoisotopic (exact) mass is 448 g/mol. The predicted octanol–water partition coefficient (Wildman–Crippen LogP) is -0.0295. The maximum absolute atomic E-state index is 12.4. The quantitative estimate of drug-likeness (QED) is 0.232. The summed E-state index contributed by atoms with van der Waals surface area (Å²) in [5, 5.41) is 68.2. The molecule has 1 saturated heterocycles. The van der Waals surface area contributed by atoms with Crippen molar-refractivity contribution in [3.8, 4) is 23.0 Å². The lowest BCUT2D eigenvalue weighted by Gasteiger charge is -2.38. The number of benzene rings is 2. The van der Waals surface area contributed by atoms with Crippen molar-refractivity contribution in [1.29, 1.82) is 0 Å². The summed E-state index contributed by atoms with van der Waals surface area (Å²) in [7, 11) is 0. The van der Waals surface area contributed by atoms with Gasteiger partial charge in [0.05, 0.1) is 0 Å². The first kappa shape index (κ1) is 23.0. The van der Waals surface area contributed by atoms with Gasteiger partial charge in [-0.2, -0.15) is 0 Å². The SMILES string of the molecule is O=C(C=Cc1ccc(O)cc1)c1c(O)cc(OC2OC(C(=O)O)C(O)C(O)C2O)cc1O. The minimum atomic E-state index is -1.91. The summed E-state index contributed by atoms with van der Waals surface area (Å²) >= 11 is 0. The van der Waals surface area contributed by atoms with E-state index in [1.165, 1.54) is 18.2 Å². The maximum atomic E-state index is 12.4. The lowest BCUT2D eigenvalue weighted by atomic mass is 9.99. The van der Waals surface area contributed by atoms with E-state index in [4.69, 9.17) is 14.6 Å². The molecule has 2 aromatic rings. The second-order valence-corrected chi connectivity index (χ2v) is 6.98. The van der Waals surface area contributed by atoms with Crippen LogP contribution in [0.1, 0.15) is 15.9 Å². The van der Waals surface area contributed by atoms with Gasteiger partial charge in [0.1, 0.15) is 46.9 Å². The van der Waals surface area contributed by atoms with Crippen molar-refractivity contribution in [2.45, 2.75) is 30.7 Å². The van der Waals surface area contributed by atoms with E-state index in [1.54, 1.807) is 12.1 Å². The third kappa shape index (κ3) is 4.81. The fourth-order valence-corrected chi connectivity index (χ4v) is 3.03. The van der Waals surface area contributed by atoms with Crippen molar-refractivity contribution in [3.63, 3.8) is 0 Å². The molecule has 170 valence electrons. The number of aliphatic hydroxyl groups is 3. The molecule has 1 aliphatic heterocycles. The van der Waals surface area contributed by atoms with Crippen LogP contribution in [-0.4, -0.2) is 78.2 Å². The van der Waals surface area contributed by atoms with Gasteiger partial charge in [0.2, 0.25) is 6.29 Å². The van der Waals surface area contributed by atoms with Crippen molar-refractivity contribution in [2.75, 3.05) is 0 Å². The first-order valence-corrected chi connectivity index (χ1v) is 9.25. The number of carbonyl (C=O) groups is 2. The zero-order chi connectivity index (χ0) is 23.6. The van der Waals surface area contributed by atoms with Gasteiger partial charge < -0.3 is 45.2 Å². The molecule has 2 aromatic carbocycles. The topological polar surface area (TPSA) is 194 Å². The van der Waals surface area contributed by atoms with Gasteiger partial charge in [0.15, 0.2) is 11.9 Å². The standard InChI is InChI=1S/C21H20O11/c22-10-4-1-9(2-5-10)3-6-12(23)15-13(24)7-11(8-14(15)25)31-21-18(28)16(26)17(27)19(32-21)20(29)30/h1-8,16-19,21-22,24-28H,(H,29,30). The number of carboxylic acid groups (broad SMARTS) is 1. The molecular weight excluding hydrogens is 428 g/mol. The van der Waals surface area contributed by atoms with E-state index in [2.05, 4.69) is 0 Å². The molecule has 5 atom stereocenters. The molecule has 1 fully saturated rings. The highest BCUT2D eigenvalue weighted by atomic mass is 16.7. The summed E-state index contributed by atoms with van der Waals surface area (Å²) < 4.78 is 10.2. The van der Waals surface area contributed by atoms with Gasteiger partial charge in [0.25, 0.3) is 0 Å². The van der Waals surface area contributed by atoms with E-state index >= 15 is 0 Å². The Labute approximate surface area is 180 Å². The van der Waals surface area contributed by atoms with Crippen LogP contribution in [-0.2, 0) is 9.53 Å². The molecule has 11 heteroatoms. The number of allylic oxidation sites excluding steroid dienone is 1. The zero-order valence-electron chi connectivity index (χ0n) is 16.3. The van der Waals surface area contributed by atoms with Crippen LogP contribution < -0.4 is 4.74 Å². The van der Waals surface area contributed by atoms with Gasteiger partial charge >= 0.3 is 5.97 Å². The highest BCUT2D eigenvalue weighted by molar-refractivity contribution is 6.10. The average molecular weight is 448 g/mol. The predicted molar refractivity (Wildman–Crippen MR) is 106 cm³/mol. The molecule has 0 saturated carbocycles. The van der Waals surface area contributed by atoms with E-state index in [1.807, 2.05) is 0 Å². The van der Waals surface area contributed by atoms with Crippen molar-refractivity contribution in [3.05, 3.63) is 53.6 Å². The van der Waals surface area contributed by atoms with E-state index in [0.29, 0.717) is 5.56 Å². The van der Waals surface area contributed by atoms with Crippen molar-refractivity contribution < 1.29 is 54.8 Å². The zero-order valence-corrected chi connectivity index (χ0v) is 16.3. The van der Waals surface area contributed by atoms with E-state index < -0.39 is 59.5 Å². The summed E-state index contributed by atoms with van der Waals surface area (Å²) in [4.78, 5) is 23.5. The van der Waals surface area contributed by atoms with Crippen LogP contribution in [0.25, 0.3) is 6.08 Å². The Morgan fingerprint density at radius 3 is 2.06 bits per heavy atom. The molecule has 0 bridgehead atoms. The van der Waals surface area contributed by atoms with Gasteiger partial charge in [-0.3, -0.25) is 4.79 Å². The molecule has 5 unspecified atom stereocenters. The summed E-state index contributed by atoms with van der Waals surface area (Å²) in [6, 6.07) is 7.76. The molecule has 7 N–H and O–H groups in total. The Hall–Kier alpha value is -3.64. The number of ketones is 1. The van der Waals surface area contributed by atoms with Crippen LogP contribution in [0.4, 0.5) is 0 Å². The Balaban J connectivity index is 1.78. The Bertz CT molecular complexity index is 1010. The van der Waals surface area contributed by atoms with Crippen molar-refractivity contribution in [1.82, 2.24) is 0 Å². The first-order valence-electron chi connectivity index (χ1n) is 9.25. The molecular formula is C21H20O11. The Kier molecular flexibility index (Phi) is 6.65. The number of ether oxygens (including phenoxy) is 2. The van der Waals surface area contributed by atoms with Crippen LogP contribution in [0.15, 0.2) is 42.5 Å². The summed E-state index contributed by atoms with van der Waals surface area (Å²) in [6.07, 6.45) is -6.83. The number of hydrogen-bond acceptors (Lipinski definition) is 10. The van der Waals surface area contributed by atoms with Gasteiger partial charge in [-0.15, -0.1) is 0 Å². The molecule has 1 aliphatic rings. The average Bonchev–Trinajstić information content (AvgIpc) is 2.73. The van der Waals surface area contributed by atoms with Crippen LogP contribution >= 0.6 is 0 Å². The normalized spacial score (nSPS) is 25.5. The minimum absolute atomic E-state index is 0.0446. The minimum Gasteiger partial charge on any atom is -0.508 e. The fourth-order valence-electron chi connectivity index (χ4n) is 3.03. The third-order valence-electron chi connectivity index (χ3n) is 4.70. The highest BCUT2D eigenvalue weighted by Crippen LogP contribution is 2.35. The van der Waals surface area contributed by atoms with E-state index in [-0.39, 0.29) is 11.5 Å². The molecule has 32 heavy (non-hydrogen) atoms. The molecule has 11 nitrogen and oxygen atoms in total. The number of hydrogen-bond donors (Lipinski definition) is 7.